The molecule has 3 rings (SSSR count). The Kier molecular flexibility index (Phi) is 5.87. The molecule has 144 valence electrons. The van der Waals surface area contributed by atoms with E-state index in [-0.39, 0.29) is 28.5 Å². The third-order valence-electron chi connectivity index (χ3n) is 4.39. The highest BCUT2D eigenvalue weighted by atomic mass is 35.5. The van der Waals surface area contributed by atoms with E-state index >= 15 is 0 Å². The fourth-order valence-corrected chi connectivity index (χ4v) is 3.51. The van der Waals surface area contributed by atoms with Crippen LogP contribution in [-0.2, 0) is 13.0 Å². The summed E-state index contributed by atoms with van der Waals surface area (Å²) in [4.78, 5) is 24.5. The summed E-state index contributed by atoms with van der Waals surface area (Å²) in [5, 5.41) is 10.2. The van der Waals surface area contributed by atoms with Crippen molar-refractivity contribution in [2.24, 2.45) is 0 Å². The number of aromatic carboxylic acids is 1. The van der Waals surface area contributed by atoms with Gasteiger partial charge in [-0.3, -0.25) is 4.79 Å². The van der Waals surface area contributed by atoms with E-state index in [1.54, 1.807) is 28.8 Å². The standard InChI is InChI=1S/C21H16Cl2FNO3/c1-2-25-15(9-12-4-3-5-14(24)8-12)11-18(26)19(21(27)28)20(25)13-6-7-16(22)17(23)10-13/h3-8,10-11H,2,9H2,1H3,(H,27,28). The molecule has 0 fully saturated rings. The number of rotatable bonds is 5. The Morgan fingerprint density at radius 1 is 1.11 bits per heavy atom. The minimum atomic E-state index is -1.33. The summed E-state index contributed by atoms with van der Waals surface area (Å²) in [5.41, 5.74) is 0.987. The Labute approximate surface area is 170 Å². The van der Waals surface area contributed by atoms with E-state index < -0.39 is 11.4 Å². The van der Waals surface area contributed by atoms with Crippen LogP contribution >= 0.6 is 23.2 Å². The quantitative estimate of drug-likeness (QED) is 0.612. The second-order valence-corrected chi connectivity index (χ2v) is 7.02. The summed E-state index contributed by atoms with van der Waals surface area (Å²) < 4.78 is 15.3. The number of carboxylic acids is 1. The van der Waals surface area contributed by atoms with Crippen LogP contribution in [0.2, 0.25) is 10.0 Å². The first-order chi connectivity index (χ1) is 13.3. The van der Waals surface area contributed by atoms with Crippen molar-refractivity contribution in [3.63, 3.8) is 0 Å². The second-order valence-electron chi connectivity index (χ2n) is 6.21. The number of pyridine rings is 1. The van der Waals surface area contributed by atoms with Crippen molar-refractivity contribution in [3.8, 4) is 11.3 Å². The van der Waals surface area contributed by atoms with E-state index in [1.165, 1.54) is 24.3 Å². The molecule has 7 heteroatoms. The number of nitrogens with zero attached hydrogens (tertiary/aromatic N) is 1. The van der Waals surface area contributed by atoms with Crippen LogP contribution in [0.25, 0.3) is 11.3 Å². The smallest absolute Gasteiger partial charge is 0.341 e. The van der Waals surface area contributed by atoms with Crippen LogP contribution in [0.3, 0.4) is 0 Å². The monoisotopic (exact) mass is 419 g/mol. The van der Waals surface area contributed by atoms with Crippen LogP contribution in [0.1, 0.15) is 28.5 Å². The van der Waals surface area contributed by atoms with Gasteiger partial charge in [-0.1, -0.05) is 41.4 Å². The summed E-state index contributed by atoms with van der Waals surface area (Å²) in [5.74, 6) is -1.71. The molecule has 0 saturated carbocycles. The zero-order chi connectivity index (χ0) is 20.4. The van der Waals surface area contributed by atoms with Crippen LogP contribution in [0, 0.1) is 5.82 Å². The average molecular weight is 420 g/mol. The van der Waals surface area contributed by atoms with Crippen LogP contribution in [-0.4, -0.2) is 15.6 Å². The van der Waals surface area contributed by atoms with Crippen molar-refractivity contribution in [2.75, 3.05) is 0 Å². The highest BCUT2D eigenvalue weighted by molar-refractivity contribution is 6.42. The van der Waals surface area contributed by atoms with E-state index in [1.807, 2.05) is 6.92 Å². The number of hydrogen-bond donors (Lipinski definition) is 1. The molecule has 2 aromatic carbocycles. The van der Waals surface area contributed by atoms with Crippen LogP contribution in [0.5, 0.6) is 0 Å². The molecule has 1 aromatic heterocycles. The van der Waals surface area contributed by atoms with Crippen LogP contribution in [0.4, 0.5) is 4.39 Å². The van der Waals surface area contributed by atoms with Gasteiger partial charge in [0.05, 0.1) is 15.7 Å². The van der Waals surface area contributed by atoms with Crippen molar-refractivity contribution >= 4 is 29.2 Å². The van der Waals surface area contributed by atoms with Gasteiger partial charge in [-0.2, -0.15) is 0 Å². The number of halogens is 3. The Morgan fingerprint density at radius 3 is 2.46 bits per heavy atom. The fraction of sp³-hybridized carbons (Fsp3) is 0.143. The largest absolute Gasteiger partial charge is 0.477 e. The third-order valence-corrected chi connectivity index (χ3v) is 5.13. The first kappa shape index (κ1) is 20.1. The van der Waals surface area contributed by atoms with Gasteiger partial charge in [-0.15, -0.1) is 0 Å². The predicted molar refractivity (Wildman–Crippen MR) is 108 cm³/mol. The Balaban J connectivity index is 2.28. The lowest BCUT2D eigenvalue weighted by Gasteiger charge is -2.20. The molecule has 3 aromatic rings. The van der Waals surface area contributed by atoms with Crippen molar-refractivity contribution in [3.05, 3.63) is 91.4 Å². The van der Waals surface area contributed by atoms with E-state index in [2.05, 4.69) is 0 Å². The van der Waals surface area contributed by atoms with Crippen molar-refractivity contribution < 1.29 is 14.3 Å². The molecule has 0 spiro atoms. The maximum Gasteiger partial charge on any atom is 0.341 e. The predicted octanol–water partition coefficient (Wildman–Crippen LogP) is 5.27. The summed E-state index contributed by atoms with van der Waals surface area (Å²) in [6.45, 7) is 2.24. The third kappa shape index (κ3) is 3.96. The van der Waals surface area contributed by atoms with Crippen molar-refractivity contribution in [1.29, 1.82) is 0 Å². The molecule has 28 heavy (non-hydrogen) atoms. The average Bonchev–Trinajstić information content (AvgIpc) is 2.63. The SMILES string of the molecule is CCn1c(Cc2cccc(F)c2)cc(=O)c(C(=O)O)c1-c1ccc(Cl)c(Cl)c1. The highest BCUT2D eigenvalue weighted by Crippen LogP contribution is 2.31. The number of benzene rings is 2. The molecule has 0 aliphatic rings. The number of carboxylic acid groups (broad SMARTS) is 1. The molecule has 0 aliphatic carbocycles. The minimum Gasteiger partial charge on any atom is -0.477 e. The van der Waals surface area contributed by atoms with Gasteiger partial charge in [0, 0.05) is 30.3 Å². The fourth-order valence-electron chi connectivity index (χ4n) is 3.21. The zero-order valence-electron chi connectivity index (χ0n) is 14.9. The maximum absolute atomic E-state index is 13.6. The molecule has 0 radical (unpaired) electrons. The molecule has 1 N–H and O–H groups in total. The molecular weight excluding hydrogens is 404 g/mol. The first-order valence-corrected chi connectivity index (χ1v) is 9.27. The van der Waals surface area contributed by atoms with Gasteiger partial charge in [-0.05, 0) is 36.8 Å². The molecule has 0 amide bonds. The van der Waals surface area contributed by atoms with Crippen molar-refractivity contribution in [1.82, 2.24) is 4.57 Å². The van der Waals surface area contributed by atoms with Gasteiger partial charge in [0.2, 0.25) is 0 Å². The van der Waals surface area contributed by atoms with Gasteiger partial charge in [0.25, 0.3) is 0 Å². The maximum atomic E-state index is 13.6. The molecular formula is C21H16Cl2FNO3. The van der Waals surface area contributed by atoms with Gasteiger partial charge < -0.3 is 9.67 Å². The van der Waals surface area contributed by atoms with E-state index in [9.17, 15) is 19.1 Å². The lowest BCUT2D eigenvalue weighted by Crippen LogP contribution is -2.23. The molecule has 1 heterocycles. The summed E-state index contributed by atoms with van der Waals surface area (Å²) in [6.07, 6.45) is 0.273. The first-order valence-electron chi connectivity index (χ1n) is 8.51. The number of hydrogen-bond acceptors (Lipinski definition) is 2. The highest BCUT2D eigenvalue weighted by Gasteiger charge is 2.22. The lowest BCUT2D eigenvalue weighted by molar-refractivity contribution is 0.0695. The van der Waals surface area contributed by atoms with Crippen LogP contribution < -0.4 is 5.43 Å². The molecule has 0 atom stereocenters. The molecule has 0 saturated heterocycles. The minimum absolute atomic E-state index is 0.243. The van der Waals surface area contributed by atoms with Gasteiger partial charge >= 0.3 is 5.97 Å². The Bertz CT molecular complexity index is 1130. The van der Waals surface area contributed by atoms with E-state index in [0.717, 1.165) is 0 Å². The number of carbonyl (C=O) groups is 1. The molecule has 0 unspecified atom stereocenters. The normalized spacial score (nSPS) is 10.9. The molecule has 4 nitrogen and oxygen atoms in total. The lowest BCUT2D eigenvalue weighted by atomic mass is 10.0. The van der Waals surface area contributed by atoms with Crippen molar-refractivity contribution in [2.45, 2.75) is 19.9 Å². The Hall–Kier alpha value is -2.63. The summed E-state index contributed by atoms with van der Waals surface area (Å²) in [7, 11) is 0. The van der Waals surface area contributed by atoms with Gasteiger partial charge in [0.15, 0.2) is 5.43 Å². The Morgan fingerprint density at radius 2 is 1.86 bits per heavy atom. The summed E-state index contributed by atoms with van der Waals surface area (Å²) >= 11 is 12.1. The van der Waals surface area contributed by atoms with Gasteiger partial charge in [-0.25, -0.2) is 9.18 Å². The second kappa shape index (κ2) is 8.17. The molecule has 0 bridgehead atoms. The topological polar surface area (TPSA) is 59.3 Å². The van der Waals surface area contributed by atoms with Gasteiger partial charge in [0.1, 0.15) is 11.4 Å². The van der Waals surface area contributed by atoms with E-state index in [4.69, 9.17) is 23.2 Å². The summed E-state index contributed by atoms with van der Waals surface area (Å²) in [6, 6.07) is 12.0. The number of aromatic nitrogens is 1. The molecule has 0 aliphatic heterocycles. The zero-order valence-corrected chi connectivity index (χ0v) is 16.4. The van der Waals surface area contributed by atoms with Crippen LogP contribution in [0.15, 0.2) is 53.3 Å². The van der Waals surface area contributed by atoms with E-state index in [0.29, 0.717) is 28.4 Å².